The Morgan fingerprint density at radius 1 is 1.42 bits per heavy atom. The van der Waals surface area contributed by atoms with Crippen LogP contribution in [0.2, 0.25) is 5.02 Å². The number of halogens is 2. The molecule has 0 unspecified atom stereocenters. The molecule has 7 heteroatoms. The van der Waals surface area contributed by atoms with Gasteiger partial charge in [-0.3, -0.25) is 4.90 Å². The first-order valence-corrected chi connectivity index (χ1v) is 8.08. The van der Waals surface area contributed by atoms with Gasteiger partial charge in [0.2, 0.25) is 0 Å². The van der Waals surface area contributed by atoms with E-state index in [4.69, 9.17) is 16.9 Å². The smallest absolute Gasteiger partial charge is 0.182 e. The van der Waals surface area contributed by atoms with E-state index in [1.165, 1.54) is 12.3 Å². The third kappa shape index (κ3) is 3.32. The third-order valence-electron chi connectivity index (χ3n) is 4.40. The predicted molar refractivity (Wildman–Crippen MR) is 90.1 cm³/mol. The highest BCUT2D eigenvalue weighted by molar-refractivity contribution is 6.30. The minimum atomic E-state index is -0.401. The summed E-state index contributed by atoms with van der Waals surface area (Å²) in [6, 6.07) is 7.09. The molecule has 1 N–H and O–H groups in total. The van der Waals surface area contributed by atoms with E-state index in [1.54, 1.807) is 12.3 Å². The third-order valence-corrected chi connectivity index (χ3v) is 4.70. The van der Waals surface area contributed by atoms with Gasteiger partial charge in [-0.15, -0.1) is 0 Å². The topological polar surface area (TPSA) is 64.8 Å². The highest BCUT2D eigenvalue weighted by Gasteiger charge is 2.33. The molecule has 2 atom stereocenters. The Hall–Kier alpha value is -2.23. The molecule has 24 heavy (non-hydrogen) atoms. The normalized spacial score (nSPS) is 20.8. The second-order valence-corrected chi connectivity index (χ2v) is 6.30. The maximum Gasteiger partial charge on any atom is 0.182 e. The summed E-state index contributed by atoms with van der Waals surface area (Å²) in [5.74, 6) is 0.349. The van der Waals surface area contributed by atoms with Crippen molar-refractivity contribution in [1.82, 2.24) is 14.9 Å². The van der Waals surface area contributed by atoms with Crippen LogP contribution in [-0.2, 0) is 0 Å². The van der Waals surface area contributed by atoms with Crippen molar-refractivity contribution in [3.8, 4) is 6.07 Å². The second-order valence-electron chi connectivity index (χ2n) is 5.89. The fourth-order valence-corrected chi connectivity index (χ4v) is 3.36. The maximum absolute atomic E-state index is 13.8. The molecular weight excluding hydrogens is 329 g/mol. The number of hydrogen-bond donors (Lipinski definition) is 1. The Bertz CT molecular complexity index is 776. The van der Waals surface area contributed by atoms with Crippen molar-refractivity contribution >= 4 is 17.4 Å². The lowest BCUT2D eigenvalue weighted by Gasteiger charge is -2.26. The van der Waals surface area contributed by atoms with Crippen molar-refractivity contribution in [3.05, 3.63) is 52.7 Å². The molecule has 1 fully saturated rings. The number of nitriles is 1. The van der Waals surface area contributed by atoms with Gasteiger partial charge in [0.1, 0.15) is 11.9 Å². The van der Waals surface area contributed by atoms with Crippen molar-refractivity contribution in [2.75, 3.05) is 25.5 Å². The van der Waals surface area contributed by atoms with E-state index < -0.39 is 5.82 Å². The fourth-order valence-electron chi connectivity index (χ4n) is 3.24. The molecule has 0 spiro atoms. The molecule has 0 radical (unpaired) electrons. The lowest BCUT2D eigenvalue weighted by molar-refractivity contribution is 0.281. The lowest BCUT2D eigenvalue weighted by atomic mass is 9.93. The van der Waals surface area contributed by atoms with Crippen LogP contribution in [0.15, 0.2) is 30.6 Å². The van der Waals surface area contributed by atoms with E-state index in [0.29, 0.717) is 12.4 Å². The Morgan fingerprint density at radius 3 is 2.96 bits per heavy atom. The van der Waals surface area contributed by atoms with Crippen LogP contribution < -0.4 is 5.32 Å². The van der Waals surface area contributed by atoms with Gasteiger partial charge in [0.25, 0.3) is 0 Å². The van der Waals surface area contributed by atoms with E-state index in [9.17, 15) is 4.39 Å². The standard InChI is InChI=1S/C17H17ClFN5/c1-24-7-4-12(10-23-17-15(9-20)21-5-6-22-17)16(24)11-2-3-13(18)14(19)8-11/h2-3,5-6,8,12,16H,4,7,10H2,1H3,(H,22,23)/t12-,16+/m0/s1. The summed E-state index contributed by atoms with van der Waals surface area (Å²) in [6.07, 6.45) is 4.02. The number of aromatic nitrogens is 2. The number of nitrogens with one attached hydrogen (secondary N) is 1. The van der Waals surface area contributed by atoms with Gasteiger partial charge in [0.15, 0.2) is 11.5 Å². The SMILES string of the molecule is CN1CC[C@@H](CNc2nccnc2C#N)[C@H]1c1ccc(Cl)c(F)c1. The van der Waals surface area contributed by atoms with Gasteiger partial charge >= 0.3 is 0 Å². The summed E-state index contributed by atoms with van der Waals surface area (Å²) >= 11 is 5.79. The molecule has 5 nitrogen and oxygen atoms in total. The van der Waals surface area contributed by atoms with Gasteiger partial charge in [0, 0.05) is 25.0 Å². The Balaban J connectivity index is 1.77. The molecule has 0 amide bonds. The second kappa shape index (κ2) is 7.12. The summed E-state index contributed by atoms with van der Waals surface area (Å²) in [6.45, 7) is 1.56. The summed E-state index contributed by atoms with van der Waals surface area (Å²) in [5.41, 5.74) is 1.18. The average molecular weight is 346 g/mol. The summed E-state index contributed by atoms with van der Waals surface area (Å²) < 4.78 is 13.8. The maximum atomic E-state index is 13.8. The van der Waals surface area contributed by atoms with Gasteiger partial charge < -0.3 is 5.32 Å². The van der Waals surface area contributed by atoms with Crippen LogP contribution in [-0.4, -0.2) is 35.0 Å². The molecular formula is C17H17ClFN5. The number of benzene rings is 1. The molecule has 1 aromatic heterocycles. The van der Waals surface area contributed by atoms with Crippen LogP contribution in [0.3, 0.4) is 0 Å². The highest BCUT2D eigenvalue weighted by Crippen LogP contribution is 2.37. The highest BCUT2D eigenvalue weighted by atomic mass is 35.5. The largest absolute Gasteiger partial charge is 0.367 e. The van der Waals surface area contributed by atoms with Crippen molar-refractivity contribution < 1.29 is 4.39 Å². The molecule has 124 valence electrons. The van der Waals surface area contributed by atoms with E-state index in [0.717, 1.165) is 18.5 Å². The molecule has 0 bridgehead atoms. The van der Waals surface area contributed by atoms with Crippen molar-refractivity contribution in [3.63, 3.8) is 0 Å². The molecule has 1 aliphatic heterocycles. The minimum absolute atomic E-state index is 0.0893. The van der Waals surface area contributed by atoms with Gasteiger partial charge in [-0.25, -0.2) is 14.4 Å². The molecule has 0 saturated carbocycles. The summed E-state index contributed by atoms with van der Waals surface area (Å²) in [5, 5.41) is 12.4. The first-order valence-electron chi connectivity index (χ1n) is 7.70. The number of likely N-dealkylation sites (tertiary alicyclic amines) is 1. The summed E-state index contributed by atoms with van der Waals surface area (Å²) in [7, 11) is 2.03. The van der Waals surface area contributed by atoms with E-state index >= 15 is 0 Å². The zero-order chi connectivity index (χ0) is 17.1. The van der Waals surface area contributed by atoms with Gasteiger partial charge in [-0.05, 0) is 43.6 Å². The van der Waals surface area contributed by atoms with Crippen LogP contribution in [0.1, 0.15) is 23.7 Å². The molecule has 1 saturated heterocycles. The first-order chi connectivity index (χ1) is 11.6. The first kappa shape index (κ1) is 16.6. The quantitative estimate of drug-likeness (QED) is 0.921. The van der Waals surface area contributed by atoms with Crippen molar-refractivity contribution in [2.24, 2.45) is 5.92 Å². The van der Waals surface area contributed by atoms with E-state index in [-0.39, 0.29) is 22.7 Å². The molecule has 1 aromatic carbocycles. The van der Waals surface area contributed by atoms with Crippen LogP contribution in [0, 0.1) is 23.1 Å². The van der Waals surface area contributed by atoms with Crippen molar-refractivity contribution in [1.29, 1.82) is 5.26 Å². The van der Waals surface area contributed by atoms with Crippen molar-refractivity contribution in [2.45, 2.75) is 12.5 Å². The monoisotopic (exact) mass is 345 g/mol. The van der Waals surface area contributed by atoms with E-state index in [2.05, 4.69) is 20.2 Å². The molecule has 0 aliphatic carbocycles. The lowest BCUT2D eigenvalue weighted by Crippen LogP contribution is -2.25. The van der Waals surface area contributed by atoms with Crippen LogP contribution in [0.4, 0.5) is 10.2 Å². The molecule has 3 rings (SSSR count). The van der Waals surface area contributed by atoms with Crippen LogP contribution in [0.25, 0.3) is 0 Å². The minimum Gasteiger partial charge on any atom is -0.367 e. The van der Waals surface area contributed by atoms with Gasteiger partial charge in [-0.1, -0.05) is 17.7 Å². The Kier molecular flexibility index (Phi) is 4.93. The molecule has 2 aromatic rings. The van der Waals surface area contributed by atoms with Gasteiger partial charge in [0.05, 0.1) is 5.02 Å². The number of hydrogen-bond acceptors (Lipinski definition) is 5. The van der Waals surface area contributed by atoms with E-state index in [1.807, 2.05) is 19.2 Å². The fraction of sp³-hybridized carbons (Fsp3) is 0.353. The predicted octanol–water partition coefficient (Wildman–Crippen LogP) is 3.25. The van der Waals surface area contributed by atoms with Gasteiger partial charge in [-0.2, -0.15) is 5.26 Å². The Morgan fingerprint density at radius 2 is 2.21 bits per heavy atom. The summed E-state index contributed by atoms with van der Waals surface area (Å²) in [4.78, 5) is 10.4. The number of rotatable bonds is 4. The molecule has 2 heterocycles. The Labute approximate surface area is 145 Å². The average Bonchev–Trinajstić information content (AvgIpc) is 2.96. The number of anilines is 1. The zero-order valence-corrected chi connectivity index (χ0v) is 14.0. The number of nitrogens with zero attached hydrogens (tertiary/aromatic N) is 4. The van der Waals surface area contributed by atoms with Crippen LogP contribution >= 0.6 is 11.6 Å². The van der Waals surface area contributed by atoms with Crippen LogP contribution in [0.5, 0.6) is 0 Å². The molecule has 1 aliphatic rings. The zero-order valence-electron chi connectivity index (χ0n) is 13.2.